The lowest BCUT2D eigenvalue weighted by Gasteiger charge is -2.16. The molecule has 0 aliphatic rings. The molecule has 0 amide bonds. The van der Waals surface area contributed by atoms with Crippen LogP contribution in [0, 0.1) is 13.8 Å². The second-order valence-electron chi connectivity index (χ2n) is 4.47. The number of nitrogens with one attached hydrogen (secondary N) is 1. The van der Waals surface area contributed by atoms with E-state index in [0.717, 1.165) is 23.4 Å². The molecule has 96 valence electrons. The van der Waals surface area contributed by atoms with Crippen LogP contribution in [0.5, 0.6) is 0 Å². The van der Waals surface area contributed by atoms with Gasteiger partial charge in [-0.15, -0.1) is 10.2 Å². The molecule has 0 aromatic carbocycles. The molecule has 18 heavy (non-hydrogen) atoms. The molecule has 2 aromatic heterocycles. The lowest BCUT2D eigenvalue weighted by molar-refractivity contribution is 0.778. The highest BCUT2D eigenvalue weighted by molar-refractivity contribution is 7.07. The molecule has 0 fully saturated rings. The summed E-state index contributed by atoms with van der Waals surface area (Å²) >= 11 is 7.66. The molecule has 2 rings (SSSR count). The highest BCUT2D eigenvalue weighted by atomic mass is 35.5. The average molecular weight is 282 g/mol. The van der Waals surface area contributed by atoms with E-state index in [1.807, 2.05) is 13.8 Å². The molecule has 3 nitrogen and oxygen atoms in total. The maximum Gasteiger partial charge on any atom is 0.155 e. The van der Waals surface area contributed by atoms with Gasteiger partial charge in [-0.3, -0.25) is 0 Å². The van der Waals surface area contributed by atoms with Gasteiger partial charge in [-0.2, -0.15) is 11.3 Å². The molecule has 0 aliphatic heterocycles. The number of aromatic nitrogens is 2. The fraction of sp³-hybridized carbons (Fsp3) is 0.385. The molecule has 0 spiro atoms. The molecule has 1 unspecified atom stereocenters. The minimum Gasteiger partial charge on any atom is -0.366 e. The van der Waals surface area contributed by atoms with Crippen molar-refractivity contribution in [1.82, 2.24) is 10.2 Å². The van der Waals surface area contributed by atoms with Crippen molar-refractivity contribution < 1.29 is 0 Å². The van der Waals surface area contributed by atoms with Crippen LogP contribution in [0.3, 0.4) is 0 Å². The predicted octanol–water partition coefficient (Wildman–Crippen LogP) is 3.85. The van der Waals surface area contributed by atoms with Gasteiger partial charge in [0.25, 0.3) is 0 Å². The monoisotopic (exact) mass is 281 g/mol. The summed E-state index contributed by atoms with van der Waals surface area (Å²) in [5.74, 6) is 0.819. The molecule has 0 bridgehead atoms. The first-order valence-electron chi connectivity index (χ1n) is 5.85. The van der Waals surface area contributed by atoms with Crippen LogP contribution in [0.1, 0.15) is 23.6 Å². The van der Waals surface area contributed by atoms with Gasteiger partial charge in [-0.1, -0.05) is 11.6 Å². The van der Waals surface area contributed by atoms with E-state index >= 15 is 0 Å². The van der Waals surface area contributed by atoms with E-state index in [0.29, 0.717) is 11.2 Å². The zero-order valence-corrected chi connectivity index (χ0v) is 12.3. The number of thiophene rings is 1. The van der Waals surface area contributed by atoms with Gasteiger partial charge in [-0.05, 0) is 60.7 Å². The summed E-state index contributed by atoms with van der Waals surface area (Å²) in [4.78, 5) is 0. The topological polar surface area (TPSA) is 37.8 Å². The van der Waals surface area contributed by atoms with Crippen molar-refractivity contribution in [1.29, 1.82) is 0 Å². The highest BCUT2D eigenvalue weighted by Gasteiger charge is 2.11. The van der Waals surface area contributed by atoms with Crippen LogP contribution in [-0.2, 0) is 6.42 Å². The lowest BCUT2D eigenvalue weighted by atomic mass is 10.1. The van der Waals surface area contributed by atoms with E-state index in [2.05, 4.69) is 39.3 Å². The fourth-order valence-corrected chi connectivity index (χ4v) is 2.62. The first-order chi connectivity index (χ1) is 8.58. The molecule has 1 N–H and O–H groups in total. The Kier molecular flexibility index (Phi) is 4.19. The molecule has 2 heterocycles. The van der Waals surface area contributed by atoms with Crippen LogP contribution in [0.2, 0.25) is 5.15 Å². The van der Waals surface area contributed by atoms with Crippen molar-refractivity contribution in [2.45, 2.75) is 33.2 Å². The van der Waals surface area contributed by atoms with Crippen LogP contribution in [0.15, 0.2) is 16.8 Å². The van der Waals surface area contributed by atoms with Gasteiger partial charge < -0.3 is 5.32 Å². The standard InChI is InChI=1S/C13H16ClN3S/c1-8(6-11-4-5-18-7-11)15-13-10(3)9(2)12(14)16-17-13/h4-5,7-8H,6H2,1-3H3,(H,15,17). The summed E-state index contributed by atoms with van der Waals surface area (Å²) in [6.45, 7) is 6.11. The first kappa shape index (κ1) is 13.3. The van der Waals surface area contributed by atoms with E-state index in [1.165, 1.54) is 5.56 Å². The Bertz CT molecular complexity index is 525. The maximum absolute atomic E-state index is 5.94. The Morgan fingerprint density at radius 2 is 2.11 bits per heavy atom. The van der Waals surface area contributed by atoms with Crippen LogP contribution in [0.4, 0.5) is 5.82 Å². The lowest BCUT2D eigenvalue weighted by Crippen LogP contribution is -2.20. The summed E-state index contributed by atoms with van der Waals surface area (Å²) in [6.07, 6.45) is 0.978. The first-order valence-corrected chi connectivity index (χ1v) is 7.17. The summed E-state index contributed by atoms with van der Waals surface area (Å²) in [6, 6.07) is 2.46. The second-order valence-corrected chi connectivity index (χ2v) is 5.61. The van der Waals surface area contributed by atoms with Gasteiger partial charge in [0.05, 0.1) is 0 Å². The van der Waals surface area contributed by atoms with Crippen molar-refractivity contribution in [2.75, 3.05) is 5.32 Å². The predicted molar refractivity (Wildman–Crippen MR) is 77.6 cm³/mol. The maximum atomic E-state index is 5.94. The third-order valence-corrected chi connectivity index (χ3v) is 4.06. The van der Waals surface area contributed by atoms with Crippen molar-refractivity contribution in [3.05, 3.63) is 38.7 Å². The van der Waals surface area contributed by atoms with Crippen LogP contribution < -0.4 is 5.32 Å². The van der Waals surface area contributed by atoms with E-state index in [9.17, 15) is 0 Å². The van der Waals surface area contributed by atoms with Crippen molar-refractivity contribution >= 4 is 28.8 Å². The Labute approximate surface area is 116 Å². The number of hydrogen-bond acceptors (Lipinski definition) is 4. The molecule has 0 aliphatic carbocycles. The van der Waals surface area contributed by atoms with E-state index in [-0.39, 0.29) is 0 Å². The second kappa shape index (κ2) is 5.67. The fourth-order valence-electron chi connectivity index (χ4n) is 1.76. The van der Waals surface area contributed by atoms with Gasteiger partial charge >= 0.3 is 0 Å². The SMILES string of the molecule is Cc1c(Cl)nnc(NC(C)Cc2ccsc2)c1C. The van der Waals surface area contributed by atoms with Gasteiger partial charge in [-0.25, -0.2) is 0 Å². The van der Waals surface area contributed by atoms with Crippen LogP contribution in [-0.4, -0.2) is 16.2 Å². The average Bonchev–Trinajstić information content (AvgIpc) is 2.83. The van der Waals surface area contributed by atoms with Gasteiger partial charge in [0.15, 0.2) is 11.0 Å². The normalized spacial score (nSPS) is 12.4. The largest absolute Gasteiger partial charge is 0.366 e. The minimum atomic E-state index is 0.313. The third-order valence-electron chi connectivity index (χ3n) is 2.97. The Morgan fingerprint density at radius 1 is 1.33 bits per heavy atom. The molecule has 0 saturated carbocycles. The highest BCUT2D eigenvalue weighted by Crippen LogP contribution is 2.21. The summed E-state index contributed by atoms with van der Waals surface area (Å²) in [5.41, 5.74) is 3.39. The summed E-state index contributed by atoms with van der Waals surface area (Å²) < 4.78 is 0. The molecule has 5 heteroatoms. The van der Waals surface area contributed by atoms with E-state index in [4.69, 9.17) is 11.6 Å². The summed E-state index contributed by atoms with van der Waals surface area (Å²) in [7, 11) is 0. The van der Waals surface area contributed by atoms with Gasteiger partial charge in [0, 0.05) is 6.04 Å². The van der Waals surface area contributed by atoms with E-state index in [1.54, 1.807) is 11.3 Å². The summed E-state index contributed by atoms with van der Waals surface area (Å²) in [5, 5.41) is 16.2. The minimum absolute atomic E-state index is 0.313. The Balaban J connectivity index is 2.07. The van der Waals surface area contributed by atoms with Crippen LogP contribution >= 0.6 is 22.9 Å². The number of nitrogens with zero attached hydrogens (tertiary/aromatic N) is 2. The molecular formula is C13H16ClN3S. The Morgan fingerprint density at radius 3 is 2.78 bits per heavy atom. The Hall–Kier alpha value is -1.13. The van der Waals surface area contributed by atoms with Crippen LogP contribution in [0.25, 0.3) is 0 Å². The number of hydrogen-bond donors (Lipinski definition) is 1. The number of anilines is 1. The van der Waals surface area contributed by atoms with Crippen molar-refractivity contribution in [3.63, 3.8) is 0 Å². The number of rotatable bonds is 4. The van der Waals surface area contributed by atoms with Crippen molar-refractivity contribution in [3.8, 4) is 0 Å². The van der Waals surface area contributed by atoms with Crippen molar-refractivity contribution in [2.24, 2.45) is 0 Å². The van der Waals surface area contributed by atoms with Gasteiger partial charge in [0.1, 0.15) is 0 Å². The molecule has 0 saturated heterocycles. The molecule has 0 radical (unpaired) electrons. The smallest absolute Gasteiger partial charge is 0.155 e. The zero-order valence-electron chi connectivity index (χ0n) is 10.7. The van der Waals surface area contributed by atoms with E-state index < -0.39 is 0 Å². The molecule has 2 aromatic rings. The quantitative estimate of drug-likeness (QED) is 0.925. The third kappa shape index (κ3) is 3.00. The molecule has 1 atom stereocenters. The molecular weight excluding hydrogens is 266 g/mol. The zero-order chi connectivity index (χ0) is 13.1. The number of halogens is 1. The van der Waals surface area contributed by atoms with Gasteiger partial charge in [0.2, 0.25) is 0 Å².